The maximum Gasteiger partial charge on any atom is 0.326 e. The zero-order valence-electron chi connectivity index (χ0n) is 19.9. The normalized spacial score (nSPS) is 14.7. The maximum atomic E-state index is 12.6. The van der Waals surface area contributed by atoms with Gasteiger partial charge in [-0.15, -0.1) is 0 Å². The van der Waals surface area contributed by atoms with E-state index < -0.39 is 17.9 Å². The Morgan fingerprint density at radius 2 is 1.97 bits per heavy atom. The number of aliphatic carboxylic acids is 1. The van der Waals surface area contributed by atoms with Gasteiger partial charge < -0.3 is 21.1 Å². The van der Waals surface area contributed by atoms with Gasteiger partial charge in [0.05, 0.1) is 10.6 Å². The number of rotatable bonds is 11. The van der Waals surface area contributed by atoms with Crippen molar-refractivity contribution in [1.29, 1.82) is 0 Å². The van der Waals surface area contributed by atoms with Crippen molar-refractivity contribution in [3.8, 4) is 0 Å². The average Bonchev–Trinajstić information content (AvgIpc) is 3.22. The molecule has 2 aliphatic heterocycles. The lowest BCUT2D eigenvalue weighted by Gasteiger charge is -2.17. The summed E-state index contributed by atoms with van der Waals surface area (Å²) >= 11 is 5.32. The third kappa shape index (κ3) is 6.31. The van der Waals surface area contributed by atoms with Crippen molar-refractivity contribution in [3.63, 3.8) is 0 Å². The van der Waals surface area contributed by atoms with Gasteiger partial charge in [0.25, 0.3) is 5.91 Å². The number of thiocarbonyl (C=S) groups is 1. The van der Waals surface area contributed by atoms with Crippen LogP contribution in [0, 0.1) is 0 Å². The van der Waals surface area contributed by atoms with Crippen molar-refractivity contribution in [2.45, 2.75) is 51.0 Å². The molecule has 4 rings (SSSR count). The summed E-state index contributed by atoms with van der Waals surface area (Å²) < 4.78 is 0. The van der Waals surface area contributed by atoms with Crippen molar-refractivity contribution in [3.05, 3.63) is 53.2 Å². The number of fused-ring (bicyclic) bond motifs is 2. The first kappa shape index (κ1) is 25.4. The molecular formula is C26H29N5O4S. The molecule has 3 heterocycles. The van der Waals surface area contributed by atoms with Gasteiger partial charge in [-0.05, 0) is 56.2 Å². The minimum Gasteiger partial charge on any atom is -0.480 e. The fourth-order valence-electron chi connectivity index (χ4n) is 4.24. The molecule has 0 saturated heterocycles. The molecule has 0 fully saturated rings. The highest BCUT2D eigenvalue weighted by Gasteiger charge is 2.29. The van der Waals surface area contributed by atoms with Gasteiger partial charge >= 0.3 is 5.97 Å². The number of aliphatic imine (C=N–C) groups is 1. The lowest BCUT2D eigenvalue weighted by molar-refractivity contribution is -0.141. The van der Waals surface area contributed by atoms with E-state index in [2.05, 4.69) is 38.1 Å². The van der Waals surface area contributed by atoms with Crippen LogP contribution in [0.4, 0.5) is 11.5 Å². The summed E-state index contributed by atoms with van der Waals surface area (Å²) in [5, 5.41) is 18.1. The average molecular weight is 508 g/mol. The number of carbonyl (C=O) groups is 3. The first-order valence-electron chi connectivity index (χ1n) is 12.2. The Morgan fingerprint density at radius 3 is 2.78 bits per heavy atom. The molecule has 0 radical (unpaired) electrons. The molecule has 1 aromatic carbocycles. The van der Waals surface area contributed by atoms with Gasteiger partial charge in [0.2, 0.25) is 5.91 Å². The number of aryl methyl sites for hydroxylation is 2. The molecule has 0 bridgehead atoms. The van der Waals surface area contributed by atoms with E-state index in [1.807, 2.05) is 0 Å². The first-order valence-corrected chi connectivity index (χ1v) is 12.6. The largest absolute Gasteiger partial charge is 0.480 e. The highest BCUT2D eigenvalue weighted by atomic mass is 32.1. The van der Waals surface area contributed by atoms with Crippen molar-refractivity contribution in [2.75, 3.05) is 18.4 Å². The molecule has 2 aliphatic rings. The van der Waals surface area contributed by atoms with Crippen molar-refractivity contribution < 1.29 is 19.5 Å². The van der Waals surface area contributed by atoms with Gasteiger partial charge in [-0.2, -0.15) is 0 Å². The number of nitrogens with zero attached hydrogens (tertiary/aromatic N) is 2. The Bertz CT molecular complexity index is 1210. The van der Waals surface area contributed by atoms with Gasteiger partial charge in [0.1, 0.15) is 17.6 Å². The first-order chi connectivity index (χ1) is 17.4. The summed E-state index contributed by atoms with van der Waals surface area (Å²) in [6.07, 6.45) is 4.90. The minimum absolute atomic E-state index is 0.0330. The number of amides is 2. The second-order valence-corrected chi connectivity index (χ2v) is 9.27. The number of nitrogens with one attached hydrogen (secondary N) is 3. The minimum atomic E-state index is -1.19. The number of carboxylic acids is 1. The van der Waals surface area contributed by atoms with Crippen LogP contribution < -0.4 is 16.0 Å². The standard InChI is InChI=1S/C26H29N5O4S/c32-21(10-4-1-7-17-12-11-16-6-5-14-28-24(16)29-17)27-15-13-20(26(34)35)31-25(33)22-23(36)18-8-2-3-9-19(18)30-22/h2-3,8-9,11-12,20H,1,4-7,10,13-15H2,(H,27,32)(H,28,29)(H,31,33)(H,34,35). The molecule has 36 heavy (non-hydrogen) atoms. The van der Waals surface area contributed by atoms with Crippen LogP contribution in [-0.4, -0.2) is 57.6 Å². The molecule has 10 heteroatoms. The molecule has 0 aliphatic carbocycles. The number of hydrogen-bond acceptors (Lipinski definition) is 7. The zero-order valence-corrected chi connectivity index (χ0v) is 20.7. The van der Waals surface area contributed by atoms with Gasteiger partial charge in [0, 0.05) is 30.8 Å². The Kier molecular flexibility index (Phi) is 8.37. The summed E-state index contributed by atoms with van der Waals surface area (Å²) in [6.45, 7) is 1.08. The molecule has 1 unspecified atom stereocenters. The number of carboxylic acid groups (broad SMARTS) is 1. The Balaban J connectivity index is 1.16. The number of anilines is 1. The lowest BCUT2D eigenvalue weighted by atomic mass is 10.1. The van der Waals surface area contributed by atoms with Crippen molar-refractivity contribution >= 4 is 52.1 Å². The highest BCUT2D eigenvalue weighted by Crippen LogP contribution is 2.27. The zero-order chi connectivity index (χ0) is 25.5. The number of aromatic nitrogens is 1. The van der Waals surface area contributed by atoms with Gasteiger partial charge in [-0.25, -0.2) is 14.8 Å². The number of unbranched alkanes of at least 4 members (excludes halogenated alkanes) is 1. The molecular weight excluding hydrogens is 478 g/mol. The quantitative estimate of drug-likeness (QED) is 0.272. The van der Waals surface area contributed by atoms with Crippen LogP contribution in [0.1, 0.15) is 48.9 Å². The van der Waals surface area contributed by atoms with Crippen LogP contribution >= 0.6 is 12.2 Å². The molecule has 188 valence electrons. The number of pyridine rings is 1. The molecule has 2 aromatic rings. The van der Waals surface area contributed by atoms with Crippen LogP contribution in [0.15, 0.2) is 41.4 Å². The number of para-hydroxylation sites is 1. The van der Waals surface area contributed by atoms with Crippen LogP contribution in [-0.2, 0) is 27.2 Å². The summed E-state index contributed by atoms with van der Waals surface area (Å²) in [6, 6.07) is 10.1. The van der Waals surface area contributed by atoms with Gasteiger partial charge in [0.15, 0.2) is 0 Å². The van der Waals surface area contributed by atoms with E-state index in [9.17, 15) is 19.5 Å². The monoisotopic (exact) mass is 507 g/mol. The molecule has 2 amide bonds. The maximum absolute atomic E-state index is 12.6. The summed E-state index contributed by atoms with van der Waals surface area (Å²) in [5.41, 5.74) is 3.56. The molecule has 1 aromatic heterocycles. The van der Waals surface area contributed by atoms with E-state index >= 15 is 0 Å². The number of benzene rings is 1. The Labute approximate surface area is 214 Å². The fraction of sp³-hybridized carbons (Fsp3) is 0.385. The van der Waals surface area contributed by atoms with E-state index in [-0.39, 0.29) is 24.6 Å². The molecule has 0 saturated carbocycles. The molecule has 9 nitrogen and oxygen atoms in total. The van der Waals surface area contributed by atoms with E-state index in [1.54, 1.807) is 24.3 Å². The second kappa shape index (κ2) is 11.9. The van der Waals surface area contributed by atoms with Crippen LogP contribution in [0.3, 0.4) is 0 Å². The van der Waals surface area contributed by atoms with E-state index in [4.69, 9.17) is 12.2 Å². The van der Waals surface area contributed by atoms with Crippen molar-refractivity contribution in [2.24, 2.45) is 4.99 Å². The number of carbonyl (C=O) groups excluding carboxylic acids is 2. The molecule has 0 spiro atoms. The van der Waals surface area contributed by atoms with Gasteiger partial charge in [-0.3, -0.25) is 9.59 Å². The van der Waals surface area contributed by atoms with Crippen LogP contribution in [0.2, 0.25) is 0 Å². The van der Waals surface area contributed by atoms with Crippen molar-refractivity contribution in [1.82, 2.24) is 15.6 Å². The molecule has 1 atom stereocenters. The molecule has 4 N–H and O–H groups in total. The smallest absolute Gasteiger partial charge is 0.326 e. The van der Waals surface area contributed by atoms with E-state index in [1.165, 1.54) is 5.56 Å². The summed E-state index contributed by atoms with van der Waals surface area (Å²) in [7, 11) is 0. The fourth-order valence-corrected chi connectivity index (χ4v) is 4.55. The van der Waals surface area contributed by atoms with Crippen LogP contribution in [0.5, 0.6) is 0 Å². The second-order valence-electron chi connectivity index (χ2n) is 8.86. The number of hydrogen-bond donors (Lipinski definition) is 4. The Morgan fingerprint density at radius 1 is 1.14 bits per heavy atom. The highest BCUT2D eigenvalue weighted by molar-refractivity contribution is 7.83. The predicted octanol–water partition coefficient (Wildman–Crippen LogP) is 2.73. The van der Waals surface area contributed by atoms with E-state index in [0.29, 0.717) is 29.0 Å². The summed E-state index contributed by atoms with van der Waals surface area (Å²) in [5.74, 6) is -1.00. The summed E-state index contributed by atoms with van der Waals surface area (Å²) in [4.78, 5) is 45.6. The third-order valence-electron chi connectivity index (χ3n) is 6.21. The Hall–Kier alpha value is -3.66. The van der Waals surface area contributed by atoms with Crippen LogP contribution in [0.25, 0.3) is 0 Å². The lowest BCUT2D eigenvalue weighted by Crippen LogP contribution is -2.46. The SMILES string of the molecule is O=C(CCCCc1ccc2c(n1)NCCC2)NCCC(NC(=O)C1=Nc2ccccc2C1=S)C(=O)O. The van der Waals surface area contributed by atoms with E-state index in [0.717, 1.165) is 43.7 Å². The third-order valence-corrected chi connectivity index (χ3v) is 6.62. The van der Waals surface area contributed by atoms with Gasteiger partial charge in [-0.1, -0.05) is 36.5 Å². The topological polar surface area (TPSA) is 133 Å². The predicted molar refractivity (Wildman–Crippen MR) is 141 cm³/mol.